The van der Waals surface area contributed by atoms with Crippen LogP contribution in [0.3, 0.4) is 0 Å². The highest BCUT2D eigenvalue weighted by Crippen LogP contribution is 2.28. The number of hydrogen-bond acceptors (Lipinski definition) is 5. The number of hydrogen-bond donors (Lipinski definition) is 1. The number of rotatable bonds is 4. The zero-order valence-electron chi connectivity index (χ0n) is 14.3. The lowest BCUT2D eigenvalue weighted by atomic mass is 10.1. The number of nitrogens with zero attached hydrogens (tertiary/aromatic N) is 4. The van der Waals surface area contributed by atoms with Crippen molar-refractivity contribution in [1.29, 1.82) is 0 Å². The zero-order valence-corrected chi connectivity index (χ0v) is 15.1. The number of thiazole rings is 1. The first-order chi connectivity index (χ1) is 13.1. The van der Waals surface area contributed by atoms with Gasteiger partial charge in [-0.05, 0) is 36.4 Å². The molecule has 134 valence electrons. The Balaban J connectivity index is 1.60. The highest BCUT2D eigenvalue weighted by atomic mass is 32.1. The normalized spacial score (nSPS) is 10.7. The fourth-order valence-corrected chi connectivity index (χ4v) is 3.34. The molecule has 0 unspecified atom stereocenters. The molecular formula is C19H14FN5OS. The predicted octanol–water partition coefficient (Wildman–Crippen LogP) is 4.00. The van der Waals surface area contributed by atoms with Crippen LogP contribution in [0.15, 0.2) is 61.2 Å². The number of carbonyl (C=O) groups excluding carboxylic acids is 1. The van der Waals surface area contributed by atoms with Crippen molar-refractivity contribution in [3.8, 4) is 22.0 Å². The summed E-state index contributed by atoms with van der Waals surface area (Å²) in [6, 6.07) is 11.5. The molecule has 0 fully saturated rings. The number of benzene rings is 1. The number of anilines is 1. The summed E-state index contributed by atoms with van der Waals surface area (Å²) in [5.41, 5.74) is 2.00. The van der Waals surface area contributed by atoms with Crippen molar-refractivity contribution in [2.45, 2.75) is 0 Å². The fourth-order valence-electron chi connectivity index (χ4n) is 2.55. The maximum Gasteiger partial charge on any atom is 0.268 e. The highest BCUT2D eigenvalue weighted by Gasteiger charge is 2.17. The Morgan fingerprint density at radius 2 is 1.93 bits per heavy atom. The Hall–Kier alpha value is -3.39. The van der Waals surface area contributed by atoms with Crippen molar-refractivity contribution in [1.82, 2.24) is 19.5 Å². The van der Waals surface area contributed by atoms with E-state index in [1.54, 1.807) is 36.3 Å². The summed E-state index contributed by atoms with van der Waals surface area (Å²) in [4.78, 5) is 26.0. The molecule has 1 aromatic carbocycles. The second kappa shape index (κ2) is 7.08. The summed E-state index contributed by atoms with van der Waals surface area (Å²) in [5.74, 6) is -0.0898. The molecule has 0 saturated heterocycles. The lowest BCUT2D eigenvalue weighted by Gasteiger charge is -2.07. The highest BCUT2D eigenvalue weighted by molar-refractivity contribution is 7.17. The second-order valence-electron chi connectivity index (χ2n) is 5.76. The van der Waals surface area contributed by atoms with E-state index in [1.165, 1.54) is 29.7 Å². The molecule has 4 rings (SSSR count). The van der Waals surface area contributed by atoms with Crippen molar-refractivity contribution in [2.75, 3.05) is 5.32 Å². The van der Waals surface area contributed by atoms with Gasteiger partial charge in [0.15, 0.2) is 0 Å². The third-order valence-corrected chi connectivity index (χ3v) is 4.92. The topological polar surface area (TPSA) is 72.7 Å². The van der Waals surface area contributed by atoms with Crippen LogP contribution >= 0.6 is 11.3 Å². The van der Waals surface area contributed by atoms with Crippen LogP contribution in [0.1, 0.15) is 9.67 Å². The maximum absolute atomic E-state index is 13.2. The van der Waals surface area contributed by atoms with Gasteiger partial charge in [0, 0.05) is 18.8 Å². The number of nitrogens with one attached hydrogen (secondary N) is 1. The largest absolute Gasteiger partial charge is 0.320 e. The average Bonchev–Trinajstić information content (AvgIpc) is 3.31. The van der Waals surface area contributed by atoms with E-state index < -0.39 is 0 Å². The Bertz CT molecular complexity index is 1090. The quantitative estimate of drug-likeness (QED) is 0.582. The van der Waals surface area contributed by atoms with Gasteiger partial charge < -0.3 is 9.88 Å². The Morgan fingerprint density at radius 3 is 2.67 bits per heavy atom. The molecule has 0 bridgehead atoms. The van der Waals surface area contributed by atoms with E-state index in [0.717, 1.165) is 0 Å². The lowest BCUT2D eigenvalue weighted by Crippen LogP contribution is -2.13. The zero-order chi connectivity index (χ0) is 18.8. The van der Waals surface area contributed by atoms with Crippen LogP contribution in [0.2, 0.25) is 0 Å². The fraction of sp³-hybridized carbons (Fsp3) is 0.0526. The monoisotopic (exact) mass is 379 g/mol. The molecule has 4 aromatic rings. The number of halogens is 1. The molecule has 0 aliphatic carbocycles. The summed E-state index contributed by atoms with van der Waals surface area (Å²) in [5, 5.41) is 3.54. The van der Waals surface area contributed by atoms with E-state index in [-0.39, 0.29) is 11.7 Å². The first-order valence-electron chi connectivity index (χ1n) is 8.07. The molecule has 0 aliphatic rings. The Kier molecular flexibility index (Phi) is 4.47. The van der Waals surface area contributed by atoms with Crippen molar-refractivity contribution in [3.63, 3.8) is 0 Å². The maximum atomic E-state index is 13.2. The minimum absolute atomic E-state index is 0.290. The van der Waals surface area contributed by atoms with Crippen LogP contribution < -0.4 is 5.32 Å². The molecule has 27 heavy (non-hydrogen) atoms. The molecule has 0 aliphatic heterocycles. The minimum Gasteiger partial charge on any atom is -0.320 e. The van der Waals surface area contributed by atoms with Crippen LogP contribution in [0.4, 0.5) is 10.2 Å². The average molecular weight is 379 g/mol. The summed E-state index contributed by atoms with van der Waals surface area (Å²) in [7, 11) is 1.78. The summed E-state index contributed by atoms with van der Waals surface area (Å²) >= 11 is 1.26. The first kappa shape index (κ1) is 17.0. The van der Waals surface area contributed by atoms with Crippen molar-refractivity contribution in [3.05, 3.63) is 71.9 Å². The van der Waals surface area contributed by atoms with Gasteiger partial charge in [-0.25, -0.2) is 14.4 Å². The molecule has 0 spiro atoms. The minimum atomic E-state index is -0.327. The second-order valence-corrected chi connectivity index (χ2v) is 6.79. The van der Waals surface area contributed by atoms with Crippen LogP contribution in [0.5, 0.6) is 0 Å². The SMILES string of the molecule is Cn1cnc(-c2ccc(F)cc2)c1NC(=O)c1cnc(-c2ccccn2)s1. The van der Waals surface area contributed by atoms with Crippen LogP contribution in [0.25, 0.3) is 22.0 Å². The molecule has 1 amide bonds. The molecule has 0 radical (unpaired) electrons. The summed E-state index contributed by atoms with van der Waals surface area (Å²) in [6.45, 7) is 0. The van der Waals surface area contributed by atoms with Crippen molar-refractivity contribution < 1.29 is 9.18 Å². The number of amides is 1. The van der Waals surface area contributed by atoms with E-state index in [1.807, 2.05) is 18.2 Å². The lowest BCUT2D eigenvalue weighted by molar-refractivity contribution is 0.102. The summed E-state index contributed by atoms with van der Waals surface area (Å²) < 4.78 is 14.9. The van der Waals surface area contributed by atoms with Gasteiger partial charge in [0.05, 0.1) is 18.2 Å². The summed E-state index contributed by atoms with van der Waals surface area (Å²) in [6.07, 6.45) is 4.80. The number of carbonyl (C=O) groups is 1. The third kappa shape index (κ3) is 3.47. The van der Waals surface area contributed by atoms with Crippen molar-refractivity contribution in [2.24, 2.45) is 7.05 Å². The van der Waals surface area contributed by atoms with E-state index >= 15 is 0 Å². The van der Waals surface area contributed by atoms with Gasteiger partial charge >= 0.3 is 0 Å². The molecule has 3 aromatic heterocycles. The molecule has 3 heterocycles. The Morgan fingerprint density at radius 1 is 1.11 bits per heavy atom. The van der Waals surface area contributed by atoms with Crippen LogP contribution in [0, 0.1) is 5.82 Å². The number of imidazole rings is 1. The van der Waals surface area contributed by atoms with Gasteiger partial charge in [0.2, 0.25) is 0 Å². The van der Waals surface area contributed by atoms with Gasteiger partial charge in [0.25, 0.3) is 5.91 Å². The van der Waals surface area contributed by atoms with E-state index in [0.29, 0.717) is 32.7 Å². The molecule has 1 N–H and O–H groups in total. The molecular weight excluding hydrogens is 365 g/mol. The molecule has 0 saturated carbocycles. The van der Waals surface area contributed by atoms with Gasteiger partial charge in [-0.3, -0.25) is 9.78 Å². The third-order valence-electron chi connectivity index (χ3n) is 3.90. The molecule has 6 nitrogen and oxygen atoms in total. The smallest absolute Gasteiger partial charge is 0.268 e. The van der Waals surface area contributed by atoms with Gasteiger partial charge in [-0.2, -0.15) is 0 Å². The van der Waals surface area contributed by atoms with E-state index in [9.17, 15) is 9.18 Å². The van der Waals surface area contributed by atoms with E-state index in [2.05, 4.69) is 20.3 Å². The van der Waals surface area contributed by atoms with Crippen LogP contribution in [-0.4, -0.2) is 25.4 Å². The number of pyridine rings is 1. The van der Waals surface area contributed by atoms with Gasteiger partial charge in [-0.1, -0.05) is 6.07 Å². The number of aryl methyl sites for hydroxylation is 1. The Labute approximate surface area is 158 Å². The standard InChI is InChI=1S/C19H14FN5OS/c1-25-11-23-16(12-5-7-13(20)8-6-12)17(25)24-18(26)15-10-22-19(27-15)14-4-2-3-9-21-14/h2-11H,1H3,(H,24,26). The molecule has 0 atom stereocenters. The van der Waals surface area contributed by atoms with E-state index in [4.69, 9.17) is 0 Å². The first-order valence-corrected chi connectivity index (χ1v) is 8.89. The van der Waals surface area contributed by atoms with Gasteiger partial charge in [0.1, 0.15) is 27.2 Å². The predicted molar refractivity (Wildman–Crippen MR) is 102 cm³/mol. The van der Waals surface area contributed by atoms with Crippen LogP contribution in [-0.2, 0) is 7.05 Å². The van der Waals surface area contributed by atoms with Crippen molar-refractivity contribution >= 4 is 23.1 Å². The van der Waals surface area contributed by atoms with Gasteiger partial charge in [-0.15, -0.1) is 11.3 Å². The number of aromatic nitrogens is 4. The molecule has 8 heteroatoms.